The molecule has 0 aromatic carbocycles. The summed E-state index contributed by atoms with van der Waals surface area (Å²) >= 11 is 0. The molecule has 0 radical (unpaired) electrons. The van der Waals surface area contributed by atoms with Crippen LogP contribution in [0, 0.1) is 0 Å². The molecular formula is C49H85NO5. The largest absolute Gasteiger partial charge is 0.462 e. The van der Waals surface area contributed by atoms with Crippen LogP contribution in [0.15, 0.2) is 72.9 Å². The van der Waals surface area contributed by atoms with Gasteiger partial charge in [-0.2, -0.15) is 0 Å². The van der Waals surface area contributed by atoms with Crippen LogP contribution in [0.5, 0.6) is 0 Å². The molecule has 3 atom stereocenters. The summed E-state index contributed by atoms with van der Waals surface area (Å²) in [5.41, 5.74) is 0. The Morgan fingerprint density at radius 1 is 0.545 bits per heavy atom. The van der Waals surface area contributed by atoms with Crippen LogP contribution in [0.1, 0.15) is 201 Å². The van der Waals surface area contributed by atoms with E-state index in [9.17, 15) is 19.8 Å². The van der Waals surface area contributed by atoms with Crippen LogP contribution < -0.4 is 5.32 Å². The first-order valence-electron chi connectivity index (χ1n) is 22.7. The van der Waals surface area contributed by atoms with Gasteiger partial charge in [-0.1, -0.05) is 177 Å². The fraction of sp³-hybridized carbons (Fsp3) is 0.714. The number of hydrogen-bond donors (Lipinski definition) is 3. The highest BCUT2D eigenvalue weighted by Gasteiger charge is 2.24. The molecule has 55 heavy (non-hydrogen) atoms. The number of hydrogen-bond acceptors (Lipinski definition) is 5. The van der Waals surface area contributed by atoms with Gasteiger partial charge in [-0.25, -0.2) is 0 Å². The van der Waals surface area contributed by atoms with Gasteiger partial charge in [0.2, 0.25) is 5.91 Å². The number of carbonyl (C=O) groups is 2. The molecule has 6 nitrogen and oxygen atoms in total. The normalized spacial score (nSPS) is 14.1. The van der Waals surface area contributed by atoms with Crippen LogP contribution >= 0.6 is 0 Å². The molecule has 6 heteroatoms. The Bertz CT molecular complexity index is 1040. The zero-order chi connectivity index (χ0) is 40.3. The summed E-state index contributed by atoms with van der Waals surface area (Å²) in [5, 5.41) is 23.5. The molecular weight excluding hydrogens is 683 g/mol. The number of nitrogens with one attached hydrogen (secondary N) is 1. The molecule has 0 aromatic heterocycles. The Kier molecular flexibility index (Phi) is 40.4. The zero-order valence-corrected chi connectivity index (χ0v) is 35.8. The lowest BCUT2D eigenvalue weighted by molar-refractivity contribution is -0.151. The van der Waals surface area contributed by atoms with E-state index in [4.69, 9.17) is 4.74 Å². The third kappa shape index (κ3) is 38.0. The molecule has 3 unspecified atom stereocenters. The fourth-order valence-electron chi connectivity index (χ4n) is 6.33. The minimum atomic E-state index is -0.801. The van der Waals surface area contributed by atoms with Gasteiger partial charge in [0.05, 0.1) is 25.2 Å². The second-order valence-electron chi connectivity index (χ2n) is 15.1. The monoisotopic (exact) mass is 768 g/mol. The minimum absolute atomic E-state index is 0.0406. The summed E-state index contributed by atoms with van der Waals surface area (Å²) in [6, 6.07) is -0.717. The number of esters is 1. The van der Waals surface area contributed by atoms with Gasteiger partial charge < -0.3 is 20.3 Å². The van der Waals surface area contributed by atoms with Crippen LogP contribution in [0.25, 0.3) is 0 Å². The SMILES string of the molecule is CC/C=C\C/C=C\C/C=C\C/C=C\C/C=C\CCCC(=O)OC(CCCCC/C=C\CCCC)CC(=O)NC(CO)C(O)CCCCCCCCCCCC. The smallest absolute Gasteiger partial charge is 0.306 e. The fourth-order valence-corrected chi connectivity index (χ4v) is 6.33. The first kappa shape index (κ1) is 52.3. The second kappa shape index (κ2) is 42.4. The van der Waals surface area contributed by atoms with Crippen molar-refractivity contribution in [1.82, 2.24) is 5.32 Å². The van der Waals surface area contributed by atoms with Crippen LogP contribution in [0.3, 0.4) is 0 Å². The van der Waals surface area contributed by atoms with E-state index in [1.807, 2.05) is 0 Å². The quantitative estimate of drug-likeness (QED) is 0.0329. The first-order chi connectivity index (χ1) is 27.0. The van der Waals surface area contributed by atoms with E-state index in [2.05, 4.69) is 99.0 Å². The highest BCUT2D eigenvalue weighted by atomic mass is 16.5. The molecule has 3 N–H and O–H groups in total. The molecule has 0 aliphatic rings. The third-order valence-corrected chi connectivity index (χ3v) is 9.77. The summed E-state index contributed by atoms with van der Waals surface area (Å²) in [6.07, 6.45) is 52.5. The van der Waals surface area contributed by atoms with E-state index in [1.165, 1.54) is 57.8 Å². The van der Waals surface area contributed by atoms with Crippen molar-refractivity contribution in [1.29, 1.82) is 0 Å². The van der Waals surface area contributed by atoms with Gasteiger partial charge in [-0.05, 0) is 83.5 Å². The van der Waals surface area contributed by atoms with Crippen molar-refractivity contribution in [2.24, 2.45) is 0 Å². The molecule has 1 amide bonds. The average molecular weight is 768 g/mol. The van der Waals surface area contributed by atoms with Gasteiger partial charge in [0, 0.05) is 6.42 Å². The predicted molar refractivity (Wildman–Crippen MR) is 236 cm³/mol. The maximum atomic E-state index is 13.1. The standard InChI is InChI=1S/C49H85NO5/c1-4-7-10-13-16-19-21-22-23-24-25-26-27-30-33-36-39-42-49(54)55-45(40-37-34-31-28-18-15-12-9-6-3)43-48(53)50-46(44-51)47(52)41-38-35-32-29-20-17-14-11-8-5-2/h7,10,15-16,18-19,22-23,25-26,30,33,45-47,51-52H,4-6,8-9,11-14,17,20-21,24,27-29,31-32,34-44H2,1-3H3,(H,50,53)/b10-7-,18-15-,19-16-,23-22-,26-25-,33-30-. The number of unbranched alkanes of at least 4 members (excludes halogenated alkanes) is 15. The number of amides is 1. The Morgan fingerprint density at radius 2 is 1.00 bits per heavy atom. The number of aliphatic hydroxyl groups excluding tert-OH is 2. The van der Waals surface area contributed by atoms with Gasteiger partial charge >= 0.3 is 5.97 Å². The third-order valence-electron chi connectivity index (χ3n) is 9.77. The average Bonchev–Trinajstić information content (AvgIpc) is 3.18. The highest BCUT2D eigenvalue weighted by Crippen LogP contribution is 2.16. The molecule has 0 saturated heterocycles. The summed E-state index contributed by atoms with van der Waals surface area (Å²) in [4.78, 5) is 25.9. The molecule has 0 aliphatic heterocycles. The van der Waals surface area contributed by atoms with Crippen molar-refractivity contribution in [3.8, 4) is 0 Å². The number of aliphatic hydroxyl groups is 2. The molecule has 0 spiro atoms. The molecule has 0 aliphatic carbocycles. The second-order valence-corrected chi connectivity index (χ2v) is 15.1. The topological polar surface area (TPSA) is 95.9 Å². The Balaban J connectivity index is 4.65. The van der Waals surface area contributed by atoms with Crippen molar-refractivity contribution in [3.63, 3.8) is 0 Å². The van der Waals surface area contributed by atoms with Crippen LogP contribution in [-0.4, -0.2) is 46.9 Å². The Morgan fingerprint density at radius 3 is 1.56 bits per heavy atom. The molecule has 316 valence electrons. The van der Waals surface area contributed by atoms with Crippen molar-refractivity contribution < 1.29 is 24.5 Å². The molecule has 0 bridgehead atoms. The van der Waals surface area contributed by atoms with Gasteiger partial charge in [0.15, 0.2) is 0 Å². The Labute approximate surface area is 339 Å². The zero-order valence-electron chi connectivity index (χ0n) is 35.8. The summed E-state index contributed by atoms with van der Waals surface area (Å²) in [6.45, 7) is 6.27. The van der Waals surface area contributed by atoms with Crippen molar-refractivity contribution in [3.05, 3.63) is 72.9 Å². The van der Waals surface area contributed by atoms with Gasteiger partial charge in [-0.3, -0.25) is 9.59 Å². The van der Waals surface area contributed by atoms with E-state index in [-0.39, 0.29) is 24.9 Å². The first-order valence-corrected chi connectivity index (χ1v) is 22.7. The number of ether oxygens (including phenoxy) is 1. The summed E-state index contributed by atoms with van der Waals surface area (Å²) in [7, 11) is 0. The minimum Gasteiger partial charge on any atom is -0.462 e. The predicted octanol–water partition coefficient (Wildman–Crippen LogP) is 13.1. The van der Waals surface area contributed by atoms with Crippen LogP contribution in [0.4, 0.5) is 0 Å². The summed E-state index contributed by atoms with van der Waals surface area (Å²) in [5.74, 6) is -0.569. The number of carbonyl (C=O) groups excluding carboxylic acids is 2. The lowest BCUT2D eigenvalue weighted by atomic mass is 10.0. The van der Waals surface area contributed by atoms with E-state index < -0.39 is 18.2 Å². The van der Waals surface area contributed by atoms with Gasteiger partial charge in [0.1, 0.15) is 6.10 Å². The van der Waals surface area contributed by atoms with Crippen LogP contribution in [0.2, 0.25) is 0 Å². The summed E-state index contributed by atoms with van der Waals surface area (Å²) < 4.78 is 5.85. The van der Waals surface area contributed by atoms with Gasteiger partial charge in [0.25, 0.3) is 0 Å². The maximum Gasteiger partial charge on any atom is 0.306 e. The van der Waals surface area contributed by atoms with E-state index in [0.717, 1.165) is 89.9 Å². The van der Waals surface area contributed by atoms with Crippen molar-refractivity contribution in [2.75, 3.05) is 6.61 Å². The Hall–Kier alpha value is -2.70. The molecule has 0 rings (SSSR count). The molecule has 0 aromatic rings. The van der Waals surface area contributed by atoms with Gasteiger partial charge in [-0.15, -0.1) is 0 Å². The molecule has 0 saturated carbocycles. The number of allylic oxidation sites excluding steroid dienone is 12. The molecule has 0 fully saturated rings. The van der Waals surface area contributed by atoms with E-state index in [0.29, 0.717) is 25.7 Å². The van der Waals surface area contributed by atoms with E-state index in [1.54, 1.807) is 0 Å². The lowest BCUT2D eigenvalue weighted by Gasteiger charge is -2.24. The number of rotatable bonds is 39. The maximum absolute atomic E-state index is 13.1. The van der Waals surface area contributed by atoms with Crippen molar-refractivity contribution in [2.45, 2.75) is 219 Å². The highest BCUT2D eigenvalue weighted by molar-refractivity contribution is 5.77. The lowest BCUT2D eigenvalue weighted by Crippen LogP contribution is -2.46. The van der Waals surface area contributed by atoms with Crippen LogP contribution in [-0.2, 0) is 14.3 Å². The van der Waals surface area contributed by atoms with Crippen molar-refractivity contribution >= 4 is 11.9 Å². The van der Waals surface area contributed by atoms with E-state index >= 15 is 0 Å². The molecule has 0 heterocycles.